The van der Waals surface area contributed by atoms with Crippen molar-refractivity contribution < 1.29 is 23.5 Å². The summed E-state index contributed by atoms with van der Waals surface area (Å²) in [6, 6.07) is 20.2. The molecule has 4 atom stereocenters. The molecular weight excluding hydrogens is 459 g/mol. The normalized spacial score (nSPS) is 23.4. The number of methoxy groups -OCH3 is 1. The van der Waals surface area contributed by atoms with Crippen molar-refractivity contribution in [1.29, 1.82) is 0 Å². The SMILES string of the molecule is COc1cccc(C(=O)N2C(c3ccc(F)cc3)C3C(=O)N(c4ccccc4)C(=O)C3C2C(C)C)c1. The molecule has 2 saturated heterocycles. The van der Waals surface area contributed by atoms with E-state index in [0.29, 0.717) is 22.6 Å². The van der Waals surface area contributed by atoms with E-state index in [1.165, 1.54) is 24.1 Å². The molecule has 5 rings (SSSR count). The summed E-state index contributed by atoms with van der Waals surface area (Å²) in [6.45, 7) is 3.90. The van der Waals surface area contributed by atoms with Crippen LogP contribution < -0.4 is 9.64 Å². The first kappa shape index (κ1) is 23.7. The van der Waals surface area contributed by atoms with Gasteiger partial charge < -0.3 is 9.64 Å². The number of nitrogens with zero attached hydrogens (tertiary/aromatic N) is 2. The highest BCUT2D eigenvalue weighted by molar-refractivity contribution is 6.23. The van der Waals surface area contributed by atoms with E-state index in [0.717, 1.165) is 0 Å². The Morgan fingerprint density at radius 3 is 2.19 bits per heavy atom. The summed E-state index contributed by atoms with van der Waals surface area (Å²) in [4.78, 5) is 44.7. The van der Waals surface area contributed by atoms with Crippen LogP contribution in [0.4, 0.5) is 10.1 Å². The first-order chi connectivity index (χ1) is 17.3. The molecule has 36 heavy (non-hydrogen) atoms. The van der Waals surface area contributed by atoms with Gasteiger partial charge in [-0.1, -0.05) is 50.2 Å². The summed E-state index contributed by atoms with van der Waals surface area (Å²) >= 11 is 0. The summed E-state index contributed by atoms with van der Waals surface area (Å²) in [7, 11) is 1.53. The van der Waals surface area contributed by atoms with Crippen LogP contribution in [-0.4, -0.2) is 35.8 Å². The van der Waals surface area contributed by atoms with Gasteiger partial charge in [0.05, 0.1) is 30.7 Å². The van der Waals surface area contributed by atoms with Gasteiger partial charge in [0.2, 0.25) is 11.8 Å². The van der Waals surface area contributed by atoms with E-state index < -0.39 is 29.7 Å². The van der Waals surface area contributed by atoms with Gasteiger partial charge in [-0.25, -0.2) is 9.29 Å². The molecule has 0 aliphatic carbocycles. The Morgan fingerprint density at radius 1 is 0.889 bits per heavy atom. The van der Waals surface area contributed by atoms with E-state index in [2.05, 4.69) is 0 Å². The van der Waals surface area contributed by atoms with E-state index in [1.807, 2.05) is 19.9 Å². The third kappa shape index (κ3) is 3.75. The number of rotatable bonds is 5. The van der Waals surface area contributed by atoms with Crippen LogP contribution in [0.15, 0.2) is 78.9 Å². The zero-order chi connectivity index (χ0) is 25.6. The molecule has 0 bridgehead atoms. The highest BCUT2D eigenvalue weighted by Gasteiger charge is 2.64. The van der Waals surface area contributed by atoms with Crippen LogP contribution in [0.1, 0.15) is 35.8 Å². The molecule has 0 radical (unpaired) electrons. The zero-order valence-corrected chi connectivity index (χ0v) is 20.3. The second-order valence-electron chi connectivity index (χ2n) is 9.57. The molecule has 7 heteroatoms. The van der Waals surface area contributed by atoms with Crippen molar-refractivity contribution in [3.8, 4) is 5.75 Å². The highest BCUT2D eigenvalue weighted by atomic mass is 19.1. The standard InChI is InChI=1S/C29H27FN2O4/c1-17(2)25-23-24(29(35)31(28(23)34)21-9-5-4-6-10-21)26(18-12-14-20(30)15-13-18)32(25)27(33)19-8-7-11-22(16-19)36-3/h4-17,23-26H,1-3H3. The fourth-order valence-electron chi connectivity index (χ4n) is 5.70. The van der Waals surface area contributed by atoms with Gasteiger partial charge >= 0.3 is 0 Å². The van der Waals surface area contributed by atoms with Gasteiger partial charge in [0.25, 0.3) is 5.91 Å². The van der Waals surface area contributed by atoms with Crippen LogP contribution in [0.5, 0.6) is 5.75 Å². The molecule has 6 nitrogen and oxygen atoms in total. The van der Waals surface area contributed by atoms with Gasteiger partial charge in [-0.05, 0) is 53.9 Å². The molecule has 3 aromatic carbocycles. The second-order valence-corrected chi connectivity index (χ2v) is 9.57. The Bertz CT molecular complexity index is 1310. The Kier molecular flexibility index (Phi) is 6.08. The lowest BCUT2D eigenvalue weighted by atomic mass is 9.83. The fraction of sp³-hybridized carbons (Fsp3) is 0.276. The monoisotopic (exact) mass is 486 g/mol. The summed E-state index contributed by atoms with van der Waals surface area (Å²) in [5.41, 5.74) is 1.52. The highest BCUT2D eigenvalue weighted by Crippen LogP contribution is 2.53. The number of hydrogen-bond acceptors (Lipinski definition) is 4. The molecule has 4 unspecified atom stereocenters. The Balaban J connectivity index is 1.66. The number of halogens is 1. The number of ether oxygens (including phenoxy) is 1. The maximum atomic E-state index is 14.0. The summed E-state index contributed by atoms with van der Waals surface area (Å²) in [5.74, 6) is -2.48. The lowest BCUT2D eigenvalue weighted by Crippen LogP contribution is -2.47. The Hall–Kier alpha value is -4.00. The molecule has 0 aromatic heterocycles. The molecule has 2 aliphatic rings. The maximum Gasteiger partial charge on any atom is 0.254 e. The number of fused-ring (bicyclic) bond motifs is 1. The minimum atomic E-state index is -0.787. The van der Waals surface area contributed by atoms with Gasteiger partial charge in [-0.2, -0.15) is 0 Å². The molecule has 0 N–H and O–H groups in total. The average Bonchev–Trinajstić information content (AvgIpc) is 3.37. The van der Waals surface area contributed by atoms with Crippen LogP contribution in [0.3, 0.4) is 0 Å². The summed E-state index contributed by atoms with van der Waals surface area (Å²) in [6.07, 6.45) is 0. The van der Waals surface area contributed by atoms with Crippen molar-refractivity contribution in [2.75, 3.05) is 12.0 Å². The van der Waals surface area contributed by atoms with E-state index in [-0.39, 0.29) is 23.6 Å². The molecule has 0 spiro atoms. The van der Waals surface area contributed by atoms with Crippen molar-refractivity contribution in [3.63, 3.8) is 0 Å². The second kappa shape index (κ2) is 9.22. The predicted molar refractivity (Wildman–Crippen MR) is 133 cm³/mol. The fourth-order valence-corrected chi connectivity index (χ4v) is 5.70. The largest absolute Gasteiger partial charge is 0.497 e. The number of hydrogen-bond donors (Lipinski definition) is 0. The van der Waals surface area contributed by atoms with E-state index >= 15 is 0 Å². The van der Waals surface area contributed by atoms with Crippen LogP contribution in [0, 0.1) is 23.6 Å². The number of imide groups is 1. The number of anilines is 1. The molecule has 2 fully saturated rings. The topological polar surface area (TPSA) is 66.9 Å². The molecule has 2 heterocycles. The van der Waals surface area contributed by atoms with Crippen molar-refractivity contribution in [1.82, 2.24) is 4.90 Å². The number of para-hydroxylation sites is 1. The van der Waals surface area contributed by atoms with Gasteiger partial charge in [0, 0.05) is 11.6 Å². The number of carbonyl (C=O) groups is 3. The number of likely N-dealkylation sites (tertiary alicyclic amines) is 1. The number of amides is 3. The van der Waals surface area contributed by atoms with E-state index in [1.54, 1.807) is 65.6 Å². The third-order valence-corrected chi connectivity index (χ3v) is 7.19. The quantitative estimate of drug-likeness (QED) is 0.483. The van der Waals surface area contributed by atoms with E-state index in [4.69, 9.17) is 4.74 Å². The minimum Gasteiger partial charge on any atom is -0.497 e. The smallest absolute Gasteiger partial charge is 0.254 e. The lowest BCUT2D eigenvalue weighted by Gasteiger charge is -2.36. The molecule has 184 valence electrons. The van der Waals surface area contributed by atoms with Crippen molar-refractivity contribution in [2.45, 2.75) is 25.9 Å². The maximum absolute atomic E-state index is 14.0. The predicted octanol–water partition coefficient (Wildman–Crippen LogP) is 4.86. The average molecular weight is 487 g/mol. The van der Waals surface area contributed by atoms with Crippen molar-refractivity contribution >= 4 is 23.4 Å². The Labute approximate surface area is 209 Å². The minimum absolute atomic E-state index is 0.120. The van der Waals surface area contributed by atoms with Crippen LogP contribution in [-0.2, 0) is 9.59 Å². The first-order valence-electron chi connectivity index (χ1n) is 12.0. The zero-order valence-electron chi connectivity index (χ0n) is 20.3. The van der Waals surface area contributed by atoms with Crippen LogP contribution in [0.2, 0.25) is 0 Å². The van der Waals surface area contributed by atoms with Crippen LogP contribution in [0.25, 0.3) is 0 Å². The molecular formula is C29H27FN2O4. The van der Waals surface area contributed by atoms with Gasteiger partial charge in [-0.3, -0.25) is 14.4 Å². The van der Waals surface area contributed by atoms with Gasteiger partial charge in [-0.15, -0.1) is 0 Å². The summed E-state index contributed by atoms with van der Waals surface area (Å²) < 4.78 is 19.2. The summed E-state index contributed by atoms with van der Waals surface area (Å²) in [5, 5.41) is 0. The lowest BCUT2D eigenvalue weighted by molar-refractivity contribution is -0.124. The first-order valence-corrected chi connectivity index (χ1v) is 12.0. The molecule has 0 saturated carbocycles. The number of carbonyl (C=O) groups excluding carboxylic acids is 3. The van der Waals surface area contributed by atoms with Crippen molar-refractivity contribution in [2.24, 2.45) is 17.8 Å². The number of benzene rings is 3. The van der Waals surface area contributed by atoms with Gasteiger partial charge in [0.1, 0.15) is 11.6 Å². The molecule has 2 aliphatic heterocycles. The molecule has 3 aromatic rings. The van der Waals surface area contributed by atoms with Crippen LogP contribution >= 0.6 is 0 Å². The Morgan fingerprint density at radius 2 is 1.56 bits per heavy atom. The third-order valence-electron chi connectivity index (χ3n) is 7.19. The van der Waals surface area contributed by atoms with Gasteiger partial charge in [0.15, 0.2) is 0 Å². The molecule has 3 amide bonds. The van der Waals surface area contributed by atoms with E-state index in [9.17, 15) is 18.8 Å². The van der Waals surface area contributed by atoms with Crippen molar-refractivity contribution in [3.05, 3.63) is 95.8 Å².